The van der Waals surface area contributed by atoms with Crippen molar-refractivity contribution >= 4 is 19.3 Å². The van der Waals surface area contributed by atoms with Gasteiger partial charge in [0.05, 0.1) is 8.07 Å². The zero-order valence-electron chi connectivity index (χ0n) is 16.7. The summed E-state index contributed by atoms with van der Waals surface area (Å²) >= 11 is 0. The highest BCUT2D eigenvalue weighted by molar-refractivity contribution is 6.88. The summed E-state index contributed by atoms with van der Waals surface area (Å²) in [5, 5.41) is 1.54. The van der Waals surface area contributed by atoms with Crippen LogP contribution >= 0.6 is 0 Å². The van der Waals surface area contributed by atoms with Gasteiger partial charge in [-0.1, -0.05) is 49.1 Å². The summed E-state index contributed by atoms with van der Waals surface area (Å²) < 4.78 is 0. The van der Waals surface area contributed by atoms with Gasteiger partial charge in [0.1, 0.15) is 0 Å². The first-order chi connectivity index (χ1) is 12.4. The van der Waals surface area contributed by atoms with Crippen LogP contribution in [0.4, 0.5) is 4.79 Å². The fourth-order valence-corrected chi connectivity index (χ4v) is 6.43. The molecule has 2 bridgehead atoms. The predicted molar refractivity (Wildman–Crippen MR) is 111 cm³/mol. The minimum absolute atomic E-state index is 0.338. The van der Waals surface area contributed by atoms with Crippen LogP contribution in [0.25, 0.3) is 0 Å². The van der Waals surface area contributed by atoms with Crippen LogP contribution in [0.2, 0.25) is 19.6 Å². The van der Waals surface area contributed by atoms with Crippen LogP contribution in [0, 0.1) is 0 Å². The van der Waals surface area contributed by atoms with E-state index in [9.17, 15) is 4.79 Å². The minimum atomic E-state index is -1.22. The first-order valence-corrected chi connectivity index (χ1v) is 14.1. The molecule has 4 rings (SSSR count). The van der Waals surface area contributed by atoms with E-state index in [0.717, 1.165) is 25.9 Å². The van der Waals surface area contributed by atoms with Crippen LogP contribution in [-0.2, 0) is 0 Å². The van der Waals surface area contributed by atoms with Crippen molar-refractivity contribution in [1.29, 1.82) is 0 Å². The van der Waals surface area contributed by atoms with Gasteiger partial charge in [-0.05, 0) is 56.4 Å². The maximum Gasteiger partial charge on any atom is 0.320 e. The predicted octanol–water partition coefficient (Wildman–Crippen LogP) is 4.55. The van der Waals surface area contributed by atoms with Crippen LogP contribution in [0.1, 0.15) is 56.4 Å². The molecule has 3 fully saturated rings. The summed E-state index contributed by atoms with van der Waals surface area (Å²) in [7, 11) is -1.22. The molecule has 0 spiro atoms. The van der Waals surface area contributed by atoms with Crippen molar-refractivity contribution in [3.63, 3.8) is 0 Å². The summed E-state index contributed by atoms with van der Waals surface area (Å²) in [6.45, 7) is 9.17. The fourth-order valence-electron chi connectivity index (χ4n) is 5.27. The third kappa shape index (κ3) is 3.45. The Bertz CT molecular complexity index is 631. The molecule has 3 aliphatic heterocycles. The largest absolute Gasteiger partial charge is 0.325 e. The van der Waals surface area contributed by atoms with Crippen molar-refractivity contribution in [2.45, 2.75) is 82.6 Å². The first-order valence-electron chi connectivity index (χ1n) is 10.6. The molecule has 3 nitrogen and oxygen atoms in total. The topological polar surface area (TPSA) is 23.6 Å². The molecule has 3 aliphatic rings. The molecular formula is C22H34N2OSi. The second-order valence-corrected chi connectivity index (χ2v) is 14.7. The lowest BCUT2D eigenvalue weighted by molar-refractivity contribution is 0.0991. The SMILES string of the molecule is C[Si](C)(C)c1ccc(C2CC3CCC(C2)N3C(=O)N2CCCCC2)cc1. The maximum absolute atomic E-state index is 13.1. The number of piperidine rings is 2. The van der Waals surface area contributed by atoms with Crippen LogP contribution < -0.4 is 5.19 Å². The second kappa shape index (κ2) is 7.03. The molecule has 0 saturated carbocycles. The normalized spacial score (nSPS) is 29.1. The van der Waals surface area contributed by atoms with Crippen molar-refractivity contribution in [2.24, 2.45) is 0 Å². The Balaban J connectivity index is 1.45. The molecule has 2 atom stereocenters. The number of carbonyl (C=O) groups is 1. The van der Waals surface area contributed by atoms with Gasteiger partial charge in [-0.3, -0.25) is 0 Å². The smallest absolute Gasteiger partial charge is 0.320 e. The summed E-state index contributed by atoms with van der Waals surface area (Å²) in [5.74, 6) is 0.633. The monoisotopic (exact) mass is 370 g/mol. The van der Waals surface area contributed by atoms with E-state index in [2.05, 4.69) is 53.7 Å². The fraction of sp³-hybridized carbons (Fsp3) is 0.682. The van der Waals surface area contributed by atoms with Crippen LogP contribution in [0.5, 0.6) is 0 Å². The summed E-state index contributed by atoms with van der Waals surface area (Å²) in [6, 6.07) is 10.8. The summed E-state index contributed by atoms with van der Waals surface area (Å²) in [5.41, 5.74) is 1.49. The lowest BCUT2D eigenvalue weighted by Gasteiger charge is -2.42. The molecule has 1 aromatic rings. The van der Waals surface area contributed by atoms with Gasteiger partial charge < -0.3 is 9.80 Å². The number of rotatable bonds is 2. The van der Waals surface area contributed by atoms with E-state index in [4.69, 9.17) is 0 Å². The Labute approximate surface area is 159 Å². The van der Waals surface area contributed by atoms with E-state index in [1.54, 1.807) is 5.19 Å². The molecule has 3 saturated heterocycles. The molecular weight excluding hydrogens is 336 g/mol. The first kappa shape index (κ1) is 18.1. The van der Waals surface area contributed by atoms with Gasteiger partial charge in [-0.25, -0.2) is 4.79 Å². The molecule has 0 aliphatic carbocycles. The Morgan fingerprint density at radius 3 is 2.04 bits per heavy atom. The molecule has 2 amide bonds. The number of nitrogens with zero attached hydrogens (tertiary/aromatic N) is 2. The third-order valence-corrected chi connectivity index (χ3v) is 8.89. The third-order valence-electron chi connectivity index (χ3n) is 6.83. The van der Waals surface area contributed by atoms with Crippen LogP contribution in [-0.4, -0.2) is 49.1 Å². The number of hydrogen-bond donors (Lipinski definition) is 0. The van der Waals surface area contributed by atoms with Crippen LogP contribution in [0.3, 0.4) is 0 Å². The molecule has 2 unspecified atom stereocenters. The molecule has 0 radical (unpaired) electrons. The van der Waals surface area contributed by atoms with E-state index in [0.29, 0.717) is 24.0 Å². The minimum Gasteiger partial charge on any atom is -0.325 e. The van der Waals surface area contributed by atoms with Crippen molar-refractivity contribution in [1.82, 2.24) is 9.80 Å². The highest BCUT2D eigenvalue weighted by Gasteiger charge is 2.44. The zero-order chi connectivity index (χ0) is 18.3. The number of amides is 2. The van der Waals surface area contributed by atoms with Crippen molar-refractivity contribution in [3.8, 4) is 0 Å². The Kier molecular flexibility index (Phi) is 4.89. The molecule has 0 N–H and O–H groups in total. The quantitative estimate of drug-likeness (QED) is 0.701. The maximum atomic E-state index is 13.1. The Morgan fingerprint density at radius 1 is 0.923 bits per heavy atom. The lowest BCUT2D eigenvalue weighted by atomic mass is 9.85. The van der Waals surface area contributed by atoms with Crippen molar-refractivity contribution < 1.29 is 4.79 Å². The number of benzene rings is 1. The molecule has 142 valence electrons. The summed E-state index contributed by atoms with van der Waals surface area (Å²) in [6.07, 6.45) is 8.36. The molecule has 3 heterocycles. The van der Waals surface area contributed by atoms with E-state index in [-0.39, 0.29) is 0 Å². The van der Waals surface area contributed by atoms with Gasteiger partial charge in [-0.2, -0.15) is 0 Å². The number of hydrogen-bond acceptors (Lipinski definition) is 1. The Hall–Kier alpha value is -1.29. The molecule has 26 heavy (non-hydrogen) atoms. The number of fused-ring (bicyclic) bond motifs is 2. The molecule has 1 aromatic carbocycles. The average molecular weight is 371 g/mol. The van der Waals surface area contributed by atoms with E-state index < -0.39 is 8.07 Å². The standard InChI is InChI=1S/C22H34N2OSi/c1-26(2,3)21-11-7-17(8-12-21)18-15-19-9-10-20(16-18)24(19)22(25)23-13-5-4-6-14-23/h7-8,11-12,18-20H,4-6,9-10,13-16H2,1-3H3. The van der Waals surface area contributed by atoms with Gasteiger partial charge >= 0.3 is 6.03 Å². The van der Waals surface area contributed by atoms with Crippen molar-refractivity contribution in [2.75, 3.05) is 13.1 Å². The Morgan fingerprint density at radius 2 is 1.50 bits per heavy atom. The van der Waals surface area contributed by atoms with E-state index in [1.807, 2.05) is 0 Å². The van der Waals surface area contributed by atoms with E-state index in [1.165, 1.54) is 37.7 Å². The van der Waals surface area contributed by atoms with Gasteiger partial charge in [0, 0.05) is 25.2 Å². The van der Waals surface area contributed by atoms with Gasteiger partial charge in [-0.15, -0.1) is 0 Å². The average Bonchev–Trinajstić information content (AvgIpc) is 2.90. The van der Waals surface area contributed by atoms with Crippen LogP contribution in [0.15, 0.2) is 24.3 Å². The highest BCUT2D eigenvalue weighted by atomic mass is 28.3. The molecule has 4 heteroatoms. The van der Waals surface area contributed by atoms with Gasteiger partial charge in [0.15, 0.2) is 0 Å². The van der Waals surface area contributed by atoms with Gasteiger partial charge in [0.25, 0.3) is 0 Å². The molecule has 0 aromatic heterocycles. The van der Waals surface area contributed by atoms with E-state index >= 15 is 0 Å². The number of carbonyl (C=O) groups excluding carboxylic acids is 1. The zero-order valence-corrected chi connectivity index (χ0v) is 17.7. The highest BCUT2D eigenvalue weighted by Crippen LogP contribution is 2.43. The van der Waals surface area contributed by atoms with Crippen molar-refractivity contribution in [3.05, 3.63) is 29.8 Å². The summed E-state index contributed by atoms with van der Waals surface area (Å²) in [4.78, 5) is 17.5. The lowest BCUT2D eigenvalue weighted by Crippen LogP contribution is -2.53. The number of likely N-dealkylation sites (tertiary alicyclic amines) is 1. The second-order valence-electron chi connectivity index (χ2n) is 9.66. The number of urea groups is 1. The van der Waals surface area contributed by atoms with Gasteiger partial charge in [0.2, 0.25) is 0 Å².